The van der Waals surface area contributed by atoms with Crippen LogP contribution in [0.5, 0.6) is 0 Å². The zero-order chi connectivity index (χ0) is 11.7. The second-order valence-electron chi connectivity index (χ2n) is 4.53. The average Bonchev–Trinajstić information content (AvgIpc) is 2.83. The number of hydrogen-bond acceptors (Lipinski definition) is 5. The van der Waals surface area contributed by atoms with Crippen molar-refractivity contribution < 1.29 is 4.74 Å². The average molecular weight is 270 g/mol. The standard InChI is InChI=1S/C12H18N2OS2/c1-13-8-3-2-4-9-11(8)17-12(14-9)10-7-16-6-5-15-10/h8,10,13H,2-7H2,1H3. The van der Waals surface area contributed by atoms with Crippen LogP contribution in [0.25, 0.3) is 0 Å². The first-order valence-electron chi connectivity index (χ1n) is 6.24. The molecule has 5 heteroatoms. The zero-order valence-corrected chi connectivity index (χ0v) is 11.7. The van der Waals surface area contributed by atoms with Crippen LogP contribution in [0.2, 0.25) is 0 Å². The molecule has 17 heavy (non-hydrogen) atoms. The highest BCUT2D eigenvalue weighted by molar-refractivity contribution is 7.99. The highest BCUT2D eigenvalue weighted by atomic mass is 32.2. The van der Waals surface area contributed by atoms with Gasteiger partial charge in [0.25, 0.3) is 0 Å². The minimum absolute atomic E-state index is 0.238. The molecule has 0 bridgehead atoms. The molecule has 94 valence electrons. The highest BCUT2D eigenvalue weighted by Gasteiger charge is 2.27. The number of rotatable bonds is 2. The molecule has 1 aliphatic heterocycles. The Morgan fingerprint density at radius 1 is 1.47 bits per heavy atom. The summed E-state index contributed by atoms with van der Waals surface area (Å²) >= 11 is 3.84. The van der Waals surface area contributed by atoms with Gasteiger partial charge in [0.15, 0.2) is 0 Å². The number of ether oxygens (including phenoxy) is 1. The van der Waals surface area contributed by atoms with Crippen LogP contribution in [-0.2, 0) is 11.2 Å². The molecule has 3 nitrogen and oxygen atoms in total. The van der Waals surface area contributed by atoms with Gasteiger partial charge in [-0.05, 0) is 26.3 Å². The van der Waals surface area contributed by atoms with Gasteiger partial charge < -0.3 is 10.1 Å². The predicted octanol–water partition coefficient (Wildman–Crippen LogP) is 2.54. The van der Waals surface area contributed by atoms with Crippen molar-refractivity contribution in [3.63, 3.8) is 0 Å². The Morgan fingerprint density at radius 3 is 3.18 bits per heavy atom. The van der Waals surface area contributed by atoms with Gasteiger partial charge in [-0.1, -0.05) is 0 Å². The molecule has 1 aromatic rings. The first-order chi connectivity index (χ1) is 8.38. The van der Waals surface area contributed by atoms with Gasteiger partial charge in [0, 0.05) is 22.4 Å². The molecule has 1 saturated heterocycles. The Bertz CT molecular complexity index is 388. The van der Waals surface area contributed by atoms with E-state index in [4.69, 9.17) is 9.72 Å². The van der Waals surface area contributed by atoms with E-state index >= 15 is 0 Å². The lowest BCUT2D eigenvalue weighted by Crippen LogP contribution is -2.19. The Labute approximate surface area is 110 Å². The van der Waals surface area contributed by atoms with Gasteiger partial charge in [-0.3, -0.25) is 0 Å². The third kappa shape index (κ3) is 2.38. The van der Waals surface area contributed by atoms with E-state index in [1.807, 2.05) is 30.1 Å². The number of nitrogens with zero attached hydrogens (tertiary/aromatic N) is 1. The molecule has 0 radical (unpaired) electrons. The predicted molar refractivity (Wildman–Crippen MR) is 72.9 cm³/mol. The molecule has 1 N–H and O–H groups in total. The molecule has 1 aliphatic carbocycles. The van der Waals surface area contributed by atoms with Crippen molar-refractivity contribution in [2.24, 2.45) is 0 Å². The smallest absolute Gasteiger partial charge is 0.123 e. The van der Waals surface area contributed by atoms with Gasteiger partial charge in [-0.15, -0.1) is 11.3 Å². The fourth-order valence-electron chi connectivity index (χ4n) is 2.48. The minimum atomic E-state index is 0.238. The fraction of sp³-hybridized carbons (Fsp3) is 0.750. The number of aromatic nitrogens is 1. The van der Waals surface area contributed by atoms with E-state index in [1.165, 1.54) is 28.4 Å². The van der Waals surface area contributed by atoms with Crippen molar-refractivity contribution >= 4 is 23.1 Å². The summed E-state index contributed by atoms with van der Waals surface area (Å²) in [6.45, 7) is 0.870. The summed E-state index contributed by atoms with van der Waals surface area (Å²) < 4.78 is 5.82. The molecule has 1 fully saturated rings. The maximum atomic E-state index is 5.82. The quantitative estimate of drug-likeness (QED) is 0.895. The summed E-state index contributed by atoms with van der Waals surface area (Å²) in [5.41, 5.74) is 1.31. The molecule has 0 saturated carbocycles. The lowest BCUT2D eigenvalue weighted by Gasteiger charge is -2.20. The van der Waals surface area contributed by atoms with Crippen LogP contribution in [0.1, 0.15) is 40.6 Å². The number of aryl methyl sites for hydroxylation is 1. The van der Waals surface area contributed by atoms with Crippen LogP contribution in [0, 0.1) is 0 Å². The third-order valence-electron chi connectivity index (χ3n) is 3.41. The van der Waals surface area contributed by atoms with Crippen LogP contribution in [0.15, 0.2) is 0 Å². The van der Waals surface area contributed by atoms with Crippen molar-refractivity contribution in [3.05, 3.63) is 15.6 Å². The Balaban J connectivity index is 1.84. The monoisotopic (exact) mass is 270 g/mol. The lowest BCUT2D eigenvalue weighted by molar-refractivity contribution is 0.0754. The Kier molecular flexibility index (Phi) is 3.70. The van der Waals surface area contributed by atoms with Crippen molar-refractivity contribution in [3.8, 4) is 0 Å². The van der Waals surface area contributed by atoms with Gasteiger partial charge in [-0.2, -0.15) is 11.8 Å². The Morgan fingerprint density at radius 2 is 2.41 bits per heavy atom. The SMILES string of the molecule is CNC1CCCc2nc(C3CSCCO3)sc21. The van der Waals surface area contributed by atoms with E-state index in [2.05, 4.69) is 5.32 Å². The minimum Gasteiger partial charge on any atom is -0.369 e. The molecular formula is C12H18N2OS2. The number of thiazole rings is 1. The van der Waals surface area contributed by atoms with Crippen molar-refractivity contribution in [1.82, 2.24) is 10.3 Å². The van der Waals surface area contributed by atoms with Gasteiger partial charge in [0.2, 0.25) is 0 Å². The van der Waals surface area contributed by atoms with E-state index in [0.717, 1.165) is 24.5 Å². The lowest BCUT2D eigenvalue weighted by atomic mass is 9.98. The molecule has 2 atom stereocenters. The highest BCUT2D eigenvalue weighted by Crippen LogP contribution is 2.38. The summed E-state index contributed by atoms with van der Waals surface area (Å²) in [5, 5.41) is 4.60. The van der Waals surface area contributed by atoms with Crippen molar-refractivity contribution in [1.29, 1.82) is 0 Å². The number of hydrogen-bond donors (Lipinski definition) is 1. The van der Waals surface area contributed by atoms with Gasteiger partial charge in [-0.25, -0.2) is 4.98 Å². The first-order valence-corrected chi connectivity index (χ1v) is 8.21. The molecule has 0 amide bonds. The topological polar surface area (TPSA) is 34.2 Å². The van der Waals surface area contributed by atoms with Crippen molar-refractivity contribution in [2.75, 3.05) is 25.2 Å². The molecule has 2 unspecified atom stereocenters. The second-order valence-corrected chi connectivity index (χ2v) is 6.74. The molecule has 2 heterocycles. The largest absolute Gasteiger partial charge is 0.369 e. The van der Waals surface area contributed by atoms with Gasteiger partial charge in [0.1, 0.15) is 11.1 Å². The molecule has 2 aliphatic rings. The first kappa shape index (κ1) is 12.0. The van der Waals surface area contributed by atoms with Crippen molar-refractivity contribution in [2.45, 2.75) is 31.4 Å². The Hall–Kier alpha value is -0.100. The molecule has 1 aromatic heterocycles. The number of fused-ring (bicyclic) bond motifs is 1. The maximum absolute atomic E-state index is 5.82. The third-order valence-corrected chi connectivity index (χ3v) is 5.70. The van der Waals surface area contributed by atoms with Gasteiger partial charge >= 0.3 is 0 Å². The normalized spacial score (nSPS) is 29.0. The van der Waals surface area contributed by atoms with E-state index in [1.54, 1.807) is 0 Å². The maximum Gasteiger partial charge on any atom is 0.123 e. The van der Waals surface area contributed by atoms with E-state index in [-0.39, 0.29) is 6.10 Å². The summed E-state index contributed by atoms with van der Waals surface area (Å²) in [6, 6.07) is 0.515. The van der Waals surface area contributed by atoms with Crippen LogP contribution in [-0.4, -0.2) is 30.1 Å². The molecular weight excluding hydrogens is 252 g/mol. The van der Waals surface area contributed by atoms with Crippen LogP contribution < -0.4 is 5.32 Å². The molecule has 0 spiro atoms. The summed E-state index contributed by atoms with van der Waals surface area (Å²) in [6.07, 6.45) is 3.87. The summed E-state index contributed by atoms with van der Waals surface area (Å²) in [4.78, 5) is 6.26. The molecule has 0 aromatic carbocycles. The molecule has 3 rings (SSSR count). The van der Waals surface area contributed by atoms with E-state index in [9.17, 15) is 0 Å². The number of thioether (sulfide) groups is 1. The van der Waals surface area contributed by atoms with Gasteiger partial charge in [0.05, 0.1) is 12.3 Å². The second kappa shape index (κ2) is 5.26. The van der Waals surface area contributed by atoms with Crippen LogP contribution in [0.3, 0.4) is 0 Å². The van der Waals surface area contributed by atoms with E-state index in [0.29, 0.717) is 6.04 Å². The fourth-order valence-corrected chi connectivity index (χ4v) is 4.74. The summed E-state index contributed by atoms with van der Waals surface area (Å²) in [7, 11) is 2.05. The zero-order valence-electron chi connectivity index (χ0n) is 10.1. The number of nitrogens with one attached hydrogen (secondary N) is 1. The summed E-state index contributed by atoms with van der Waals surface area (Å²) in [5.74, 6) is 2.19. The van der Waals surface area contributed by atoms with E-state index < -0.39 is 0 Å². The van der Waals surface area contributed by atoms with Crippen LogP contribution >= 0.6 is 23.1 Å². The van der Waals surface area contributed by atoms with Crippen LogP contribution in [0.4, 0.5) is 0 Å².